The molecule has 1 fully saturated rings. The molecule has 0 amide bonds. The zero-order chi connectivity index (χ0) is 13.1. The molecule has 1 aliphatic heterocycles. The van der Waals surface area contributed by atoms with E-state index in [1.807, 2.05) is 0 Å². The Kier molecular flexibility index (Phi) is 5.36. The fourth-order valence-electron chi connectivity index (χ4n) is 3.01. The lowest BCUT2D eigenvalue weighted by atomic mass is 10.00. The standard InChI is InChI=1S/C11H27NO3Si2/c1-11(2,3)10(16-9-7-8-12-16)17(13-4,14-5)15-6/h10,12,16H,7-9H2,1-6H3. The summed E-state index contributed by atoms with van der Waals surface area (Å²) in [6.45, 7) is 7.95. The molecule has 102 valence electrons. The van der Waals surface area contributed by atoms with Gasteiger partial charge in [-0.1, -0.05) is 20.8 Å². The molecule has 4 nitrogen and oxygen atoms in total. The van der Waals surface area contributed by atoms with Gasteiger partial charge in [0, 0.05) is 26.5 Å². The second-order valence-electron chi connectivity index (χ2n) is 5.76. The molecule has 0 saturated carbocycles. The molecule has 1 rings (SSSR count). The van der Waals surface area contributed by atoms with E-state index in [1.54, 1.807) is 21.3 Å². The third kappa shape index (κ3) is 3.18. The van der Waals surface area contributed by atoms with E-state index in [9.17, 15) is 0 Å². The van der Waals surface area contributed by atoms with Crippen molar-refractivity contribution < 1.29 is 13.3 Å². The summed E-state index contributed by atoms with van der Waals surface area (Å²) in [4.78, 5) is 3.71. The van der Waals surface area contributed by atoms with Crippen molar-refractivity contribution in [3.8, 4) is 0 Å². The van der Waals surface area contributed by atoms with Crippen LogP contribution in [0.4, 0.5) is 0 Å². The summed E-state index contributed by atoms with van der Waals surface area (Å²) in [5, 5.41) is 0.414. The van der Waals surface area contributed by atoms with Crippen molar-refractivity contribution in [2.75, 3.05) is 27.9 Å². The minimum atomic E-state index is -2.55. The van der Waals surface area contributed by atoms with Crippen molar-refractivity contribution in [1.82, 2.24) is 4.98 Å². The van der Waals surface area contributed by atoms with Gasteiger partial charge in [-0.3, -0.25) is 0 Å². The van der Waals surface area contributed by atoms with Gasteiger partial charge < -0.3 is 18.3 Å². The summed E-state index contributed by atoms with van der Waals surface area (Å²) in [6, 6.07) is 1.31. The Balaban J connectivity index is 3.03. The zero-order valence-corrected chi connectivity index (χ0v) is 14.2. The summed E-state index contributed by atoms with van der Waals surface area (Å²) in [7, 11) is 1.56. The molecule has 2 unspecified atom stereocenters. The topological polar surface area (TPSA) is 39.7 Å². The van der Waals surface area contributed by atoms with Crippen molar-refractivity contribution in [1.29, 1.82) is 0 Å². The Bertz CT molecular complexity index is 227. The molecule has 1 heterocycles. The van der Waals surface area contributed by atoms with Crippen molar-refractivity contribution in [3.63, 3.8) is 0 Å². The van der Waals surface area contributed by atoms with E-state index in [2.05, 4.69) is 25.8 Å². The molecule has 0 aromatic heterocycles. The van der Waals surface area contributed by atoms with E-state index < -0.39 is 17.8 Å². The average Bonchev–Trinajstić information content (AvgIpc) is 2.77. The highest BCUT2D eigenvalue weighted by Gasteiger charge is 2.56. The first-order chi connectivity index (χ1) is 7.91. The number of hydrogen-bond acceptors (Lipinski definition) is 4. The molecule has 0 aliphatic carbocycles. The van der Waals surface area contributed by atoms with Crippen molar-refractivity contribution in [2.45, 2.75) is 38.4 Å². The van der Waals surface area contributed by atoms with Crippen LogP contribution in [0.1, 0.15) is 27.2 Å². The fraction of sp³-hybridized carbons (Fsp3) is 1.00. The van der Waals surface area contributed by atoms with Gasteiger partial charge in [0.25, 0.3) is 0 Å². The fourth-order valence-corrected chi connectivity index (χ4v) is 12.6. The van der Waals surface area contributed by atoms with Crippen LogP contribution in [0.15, 0.2) is 0 Å². The maximum atomic E-state index is 5.73. The molecule has 0 bridgehead atoms. The Morgan fingerprint density at radius 1 is 1.12 bits per heavy atom. The van der Waals surface area contributed by atoms with E-state index in [1.165, 1.54) is 12.5 Å². The number of hydrogen-bond donors (Lipinski definition) is 1. The van der Waals surface area contributed by atoms with Crippen LogP contribution < -0.4 is 4.98 Å². The van der Waals surface area contributed by atoms with Crippen LogP contribution in [0.3, 0.4) is 0 Å². The van der Waals surface area contributed by atoms with Gasteiger partial charge in [-0.05, 0) is 24.4 Å². The average molecular weight is 278 g/mol. The first-order valence-electron chi connectivity index (χ1n) is 6.30. The van der Waals surface area contributed by atoms with E-state index in [-0.39, 0.29) is 5.41 Å². The summed E-state index contributed by atoms with van der Waals surface area (Å²) in [5.41, 5.74) is 0.155. The Morgan fingerprint density at radius 3 is 1.94 bits per heavy atom. The minimum absolute atomic E-state index is 0.155. The van der Waals surface area contributed by atoms with E-state index in [4.69, 9.17) is 13.3 Å². The largest absolute Gasteiger partial charge is 0.502 e. The normalized spacial score (nSPS) is 24.0. The van der Waals surface area contributed by atoms with Gasteiger partial charge in [-0.15, -0.1) is 0 Å². The van der Waals surface area contributed by atoms with Crippen LogP contribution in [0, 0.1) is 5.41 Å². The van der Waals surface area contributed by atoms with E-state index >= 15 is 0 Å². The monoisotopic (exact) mass is 277 g/mol. The highest BCUT2D eigenvalue weighted by Crippen LogP contribution is 2.43. The first-order valence-corrected chi connectivity index (χ1v) is 10.2. The van der Waals surface area contributed by atoms with E-state index in [0.717, 1.165) is 6.54 Å². The molecular weight excluding hydrogens is 250 g/mol. The van der Waals surface area contributed by atoms with Crippen molar-refractivity contribution in [3.05, 3.63) is 0 Å². The zero-order valence-electron chi connectivity index (χ0n) is 12.0. The number of nitrogens with one attached hydrogen (secondary N) is 1. The smallest absolute Gasteiger partial charge is 0.377 e. The highest BCUT2D eigenvalue weighted by molar-refractivity contribution is 6.80. The van der Waals surface area contributed by atoms with Gasteiger partial charge in [0.1, 0.15) is 8.96 Å². The van der Waals surface area contributed by atoms with Gasteiger partial charge in [0.05, 0.1) is 0 Å². The number of rotatable bonds is 5. The molecule has 1 N–H and O–H groups in total. The van der Waals surface area contributed by atoms with E-state index in [0.29, 0.717) is 5.16 Å². The molecule has 0 aromatic rings. The minimum Gasteiger partial charge on any atom is -0.377 e. The van der Waals surface area contributed by atoms with Crippen LogP contribution in [-0.4, -0.2) is 45.6 Å². The van der Waals surface area contributed by atoms with Crippen LogP contribution >= 0.6 is 0 Å². The van der Waals surface area contributed by atoms with Gasteiger partial charge in [-0.25, -0.2) is 0 Å². The van der Waals surface area contributed by atoms with Crippen molar-refractivity contribution >= 4 is 17.8 Å². The highest BCUT2D eigenvalue weighted by atomic mass is 28.4. The SMILES string of the molecule is CO[Si](OC)(OC)C([SiH]1CCCN1)C(C)(C)C. The molecule has 1 aliphatic rings. The Labute approximate surface area is 108 Å². The van der Waals surface area contributed by atoms with Crippen LogP contribution in [0.5, 0.6) is 0 Å². The maximum absolute atomic E-state index is 5.73. The second kappa shape index (κ2) is 5.94. The lowest BCUT2D eigenvalue weighted by Gasteiger charge is -2.42. The third-order valence-corrected chi connectivity index (χ3v) is 13.1. The quantitative estimate of drug-likeness (QED) is 0.774. The molecule has 0 radical (unpaired) electrons. The molecule has 0 spiro atoms. The maximum Gasteiger partial charge on any atom is 0.502 e. The summed E-state index contributed by atoms with van der Waals surface area (Å²) >= 11 is 0. The lowest BCUT2D eigenvalue weighted by Crippen LogP contribution is -2.59. The Hall–Kier alpha value is 0.274. The Morgan fingerprint density at radius 2 is 1.65 bits per heavy atom. The lowest BCUT2D eigenvalue weighted by molar-refractivity contribution is 0.104. The van der Waals surface area contributed by atoms with Gasteiger partial charge in [0.2, 0.25) is 0 Å². The van der Waals surface area contributed by atoms with Crippen LogP contribution in [0.25, 0.3) is 0 Å². The third-order valence-electron chi connectivity index (χ3n) is 3.67. The molecule has 0 aromatic carbocycles. The molecule has 2 atom stereocenters. The van der Waals surface area contributed by atoms with Gasteiger partial charge in [-0.2, -0.15) is 0 Å². The van der Waals surface area contributed by atoms with Gasteiger partial charge in [0.15, 0.2) is 0 Å². The van der Waals surface area contributed by atoms with Crippen LogP contribution in [-0.2, 0) is 13.3 Å². The second-order valence-corrected chi connectivity index (χ2v) is 12.3. The summed E-state index contributed by atoms with van der Waals surface area (Å²) < 4.78 is 17.2. The predicted octanol–water partition coefficient (Wildman–Crippen LogP) is 1.54. The first kappa shape index (κ1) is 15.3. The molecule has 1 saturated heterocycles. The molecule has 6 heteroatoms. The van der Waals surface area contributed by atoms with Crippen LogP contribution in [0.2, 0.25) is 11.2 Å². The molecule has 17 heavy (non-hydrogen) atoms. The summed E-state index contributed by atoms with van der Waals surface area (Å²) in [6.07, 6.45) is 1.28. The van der Waals surface area contributed by atoms with Gasteiger partial charge >= 0.3 is 8.80 Å². The predicted molar refractivity (Wildman–Crippen MR) is 74.6 cm³/mol. The summed E-state index contributed by atoms with van der Waals surface area (Å²) in [5.74, 6) is 0. The van der Waals surface area contributed by atoms with Crippen molar-refractivity contribution in [2.24, 2.45) is 5.41 Å². The molecular formula is C11H27NO3Si2.